The molecule has 3 rings (SSSR count). The van der Waals surface area contributed by atoms with Gasteiger partial charge in [-0.15, -0.1) is 0 Å². The smallest absolute Gasteiger partial charge is 0.142 e. The molecule has 1 aliphatic heterocycles. The number of halogens is 1. The predicted molar refractivity (Wildman–Crippen MR) is 98.1 cm³/mol. The van der Waals surface area contributed by atoms with Crippen molar-refractivity contribution in [2.75, 3.05) is 25.1 Å². The molecule has 1 fully saturated rings. The largest absolute Gasteiger partial charge is 0.495 e. The molecule has 0 radical (unpaired) electrons. The molecule has 1 N–H and O–H groups in total. The molecule has 2 heterocycles. The number of aryl methyl sites for hydroxylation is 2. The summed E-state index contributed by atoms with van der Waals surface area (Å²) in [5, 5.41) is 8.90. The zero-order chi connectivity index (χ0) is 17.3. The Bertz CT molecular complexity index is 728. The summed E-state index contributed by atoms with van der Waals surface area (Å²) in [6, 6.07) is 6.23. The second kappa shape index (κ2) is 7.03. The summed E-state index contributed by atoms with van der Waals surface area (Å²) in [6.07, 6.45) is 1.11. The van der Waals surface area contributed by atoms with E-state index in [2.05, 4.69) is 29.2 Å². The van der Waals surface area contributed by atoms with E-state index in [1.807, 2.05) is 29.9 Å². The zero-order valence-electron chi connectivity index (χ0n) is 14.8. The molecule has 1 aliphatic rings. The lowest BCUT2D eigenvalue weighted by Crippen LogP contribution is -2.32. The maximum absolute atomic E-state index is 6.16. The van der Waals surface area contributed by atoms with Crippen LogP contribution in [0.3, 0.4) is 0 Å². The van der Waals surface area contributed by atoms with Crippen LogP contribution < -0.4 is 15.0 Å². The number of nitrogens with zero attached hydrogens (tertiary/aromatic N) is 3. The number of rotatable bonds is 5. The van der Waals surface area contributed by atoms with E-state index in [0.717, 1.165) is 48.2 Å². The van der Waals surface area contributed by atoms with Gasteiger partial charge < -0.3 is 15.0 Å². The molecule has 0 spiro atoms. The van der Waals surface area contributed by atoms with Crippen LogP contribution in [0.1, 0.15) is 23.4 Å². The Labute approximate surface area is 148 Å². The van der Waals surface area contributed by atoms with Gasteiger partial charge in [0, 0.05) is 49.0 Å². The van der Waals surface area contributed by atoms with E-state index in [9.17, 15) is 0 Å². The molecule has 6 heteroatoms. The molecule has 2 aromatic rings. The summed E-state index contributed by atoms with van der Waals surface area (Å²) in [5.41, 5.74) is 4.71. The summed E-state index contributed by atoms with van der Waals surface area (Å²) in [5.74, 6) is 0.874. The number of anilines is 1. The SMILES string of the molecule is COc1ccc(Cl)cc1N1CC[C@@H](NCc2c(C)nn(C)c2C)C1. The van der Waals surface area contributed by atoms with Crippen LogP contribution >= 0.6 is 11.6 Å². The first-order valence-corrected chi connectivity index (χ1v) is 8.68. The van der Waals surface area contributed by atoms with E-state index in [0.29, 0.717) is 6.04 Å². The van der Waals surface area contributed by atoms with Crippen molar-refractivity contribution >= 4 is 17.3 Å². The van der Waals surface area contributed by atoms with E-state index < -0.39 is 0 Å². The van der Waals surface area contributed by atoms with Crippen LogP contribution in [-0.2, 0) is 13.6 Å². The average Bonchev–Trinajstić information content (AvgIpc) is 3.11. The van der Waals surface area contributed by atoms with Gasteiger partial charge in [0.2, 0.25) is 0 Å². The summed E-state index contributed by atoms with van der Waals surface area (Å²) in [6.45, 7) is 7.00. The van der Waals surface area contributed by atoms with E-state index >= 15 is 0 Å². The highest BCUT2D eigenvalue weighted by molar-refractivity contribution is 6.30. The second-order valence-corrected chi connectivity index (χ2v) is 6.84. The normalized spacial score (nSPS) is 17.5. The van der Waals surface area contributed by atoms with Crippen LogP contribution in [0.2, 0.25) is 5.02 Å². The number of nitrogens with one attached hydrogen (secondary N) is 1. The minimum absolute atomic E-state index is 0.452. The molecule has 0 amide bonds. The summed E-state index contributed by atoms with van der Waals surface area (Å²) < 4.78 is 7.43. The van der Waals surface area contributed by atoms with Crippen LogP contribution in [0.4, 0.5) is 5.69 Å². The number of hydrogen-bond acceptors (Lipinski definition) is 4. The number of aromatic nitrogens is 2. The third-order valence-electron chi connectivity index (χ3n) is 4.90. The molecule has 0 bridgehead atoms. The van der Waals surface area contributed by atoms with E-state index in [1.54, 1.807) is 7.11 Å². The molecule has 0 saturated carbocycles. The van der Waals surface area contributed by atoms with Crippen molar-refractivity contribution in [3.05, 3.63) is 40.2 Å². The van der Waals surface area contributed by atoms with Crippen molar-refractivity contribution in [3.63, 3.8) is 0 Å². The molecule has 24 heavy (non-hydrogen) atoms. The Kier molecular flexibility index (Phi) is 5.01. The lowest BCUT2D eigenvalue weighted by atomic mass is 10.1. The van der Waals surface area contributed by atoms with Crippen molar-refractivity contribution in [2.45, 2.75) is 32.9 Å². The quantitative estimate of drug-likeness (QED) is 0.901. The van der Waals surface area contributed by atoms with Crippen molar-refractivity contribution < 1.29 is 4.74 Å². The van der Waals surface area contributed by atoms with Crippen molar-refractivity contribution in [1.29, 1.82) is 0 Å². The molecule has 130 valence electrons. The number of hydrogen-bond donors (Lipinski definition) is 1. The Morgan fingerprint density at radius 2 is 2.17 bits per heavy atom. The van der Waals surface area contributed by atoms with Crippen LogP contribution in [-0.4, -0.2) is 36.0 Å². The molecule has 5 nitrogen and oxygen atoms in total. The first-order valence-electron chi connectivity index (χ1n) is 8.30. The van der Waals surface area contributed by atoms with Gasteiger partial charge in [0.05, 0.1) is 18.5 Å². The Morgan fingerprint density at radius 1 is 1.38 bits per heavy atom. The fraction of sp³-hybridized carbons (Fsp3) is 0.500. The molecule has 0 unspecified atom stereocenters. The molecule has 1 atom stereocenters. The summed E-state index contributed by atoms with van der Waals surface area (Å²) in [7, 11) is 3.70. The van der Waals surface area contributed by atoms with E-state index in [-0.39, 0.29) is 0 Å². The number of benzene rings is 1. The number of ether oxygens (including phenoxy) is 1. The highest BCUT2D eigenvalue weighted by Crippen LogP contribution is 2.33. The monoisotopic (exact) mass is 348 g/mol. The maximum Gasteiger partial charge on any atom is 0.142 e. The van der Waals surface area contributed by atoms with Gasteiger partial charge in [-0.3, -0.25) is 4.68 Å². The average molecular weight is 349 g/mol. The van der Waals surface area contributed by atoms with Gasteiger partial charge in [0.1, 0.15) is 5.75 Å². The molecular formula is C18H25ClN4O. The number of methoxy groups -OCH3 is 1. The third kappa shape index (κ3) is 3.37. The summed E-state index contributed by atoms with van der Waals surface area (Å²) >= 11 is 6.16. The van der Waals surface area contributed by atoms with Gasteiger partial charge in [0.15, 0.2) is 0 Å². The van der Waals surface area contributed by atoms with Gasteiger partial charge in [-0.25, -0.2) is 0 Å². The van der Waals surface area contributed by atoms with Gasteiger partial charge in [-0.2, -0.15) is 5.10 Å². The van der Waals surface area contributed by atoms with Crippen LogP contribution in [0, 0.1) is 13.8 Å². The topological polar surface area (TPSA) is 42.3 Å². The van der Waals surface area contributed by atoms with Crippen molar-refractivity contribution in [2.24, 2.45) is 7.05 Å². The van der Waals surface area contributed by atoms with Gasteiger partial charge in [-0.1, -0.05) is 11.6 Å². The Hall–Kier alpha value is -1.72. The third-order valence-corrected chi connectivity index (χ3v) is 5.13. The van der Waals surface area contributed by atoms with Gasteiger partial charge in [-0.05, 0) is 38.5 Å². The van der Waals surface area contributed by atoms with Crippen molar-refractivity contribution in [1.82, 2.24) is 15.1 Å². The molecular weight excluding hydrogens is 324 g/mol. The maximum atomic E-state index is 6.16. The van der Waals surface area contributed by atoms with Gasteiger partial charge >= 0.3 is 0 Å². The molecule has 1 saturated heterocycles. The van der Waals surface area contributed by atoms with E-state index in [4.69, 9.17) is 16.3 Å². The second-order valence-electron chi connectivity index (χ2n) is 6.40. The van der Waals surface area contributed by atoms with Crippen LogP contribution in [0.25, 0.3) is 0 Å². The minimum Gasteiger partial charge on any atom is -0.495 e. The lowest BCUT2D eigenvalue weighted by Gasteiger charge is -2.22. The molecule has 0 aliphatic carbocycles. The lowest BCUT2D eigenvalue weighted by molar-refractivity contribution is 0.414. The first kappa shape index (κ1) is 17.1. The fourth-order valence-corrected chi connectivity index (χ4v) is 3.54. The van der Waals surface area contributed by atoms with Crippen LogP contribution in [0.15, 0.2) is 18.2 Å². The minimum atomic E-state index is 0.452. The molecule has 1 aromatic heterocycles. The predicted octanol–water partition coefficient (Wildman–Crippen LogP) is 3.07. The van der Waals surface area contributed by atoms with Crippen LogP contribution in [0.5, 0.6) is 5.75 Å². The standard InChI is InChI=1S/C18H25ClN4O/c1-12-16(13(2)22(3)21-12)10-20-15-7-8-23(11-15)17-9-14(19)5-6-18(17)24-4/h5-6,9,15,20H,7-8,10-11H2,1-4H3/t15-/m1/s1. The zero-order valence-corrected chi connectivity index (χ0v) is 15.5. The fourth-order valence-electron chi connectivity index (χ4n) is 3.38. The summed E-state index contributed by atoms with van der Waals surface area (Å²) in [4.78, 5) is 2.34. The van der Waals surface area contributed by atoms with E-state index in [1.165, 1.54) is 11.3 Å². The molecule has 1 aromatic carbocycles. The van der Waals surface area contributed by atoms with Crippen molar-refractivity contribution in [3.8, 4) is 5.75 Å². The van der Waals surface area contributed by atoms with Gasteiger partial charge in [0.25, 0.3) is 0 Å². The highest BCUT2D eigenvalue weighted by atomic mass is 35.5. The first-order chi connectivity index (χ1) is 11.5. The highest BCUT2D eigenvalue weighted by Gasteiger charge is 2.25. The Morgan fingerprint density at radius 3 is 2.83 bits per heavy atom. The Balaban J connectivity index is 1.65.